The van der Waals surface area contributed by atoms with E-state index in [1.54, 1.807) is 6.07 Å². The van der Waals surface area contributed by atoms with E-state index in [0.717, 1.165) is 21.9 Å². The highest BCUT2D eigenvalue weighted by molar-refractivity contribution is 7.15. The van der Waals surface area contributed by atoms with E-state index in [1.165, 1.54) is 24.5 Å². The number of ether oxygens (including phenoxy) is 1. The Kier molecular flexibility index (Phi) is 2.96. The van der Waals surface area contributed by atoms with E-state index in [2.05, 4.69) is 4.98 Å². The van der Waals surface area contributed by atoms with E-state index in [0.29, 0.717) is 6.54 Å². The first-order chi connectivity index (χ1) is 9.22. The topological polar surface area (TPSA) is 52.5 Å². The average molecular weight is 277 g/mol. The average Bonchev–Trinajstić information content (AvgIpc) is 2.97. The number of methoxy groups -OCH3 is 1. The summed E-state index contributed by atoms with van der Waals surface area (Å²) < 4.78 is 20.6. The molecule has 19 heavy (non-hydrogen) atoms. The number of hydrogen-bond acceptors (Lipinski definition) is 4. The zero-order chi connectivity index (χ0) is 13.4. The molecule has 0 amide bonds. The number of hydrogen-bond donors (Lipinski definition) is 1. The highest BCUT2D eigenvalue weighted by Gasteiger charge is 2.11. The van der Waals surface area contributed by atoms with Crippen LogP contribution in [0, 0.1) is 5.82 Å². The Morgan fingerprint density at radius 3 is 3.00 bits per heavy atom. The Bertz CT molecular complexity index is 735. The summed E-state index contributed by atoms with van der Waals surface area (Å²) in [6.45, 7) is 0.394. The molecule has 2 N–H and O–H groups in total. The van der Waals surface area contributed by atoms with Gasteiger partial charge in [-0.15, -0.1) is 11.3 Å². The standard InChI is InChI=1S/C13H12FN3OS/c1-18-12-3-2-8(4-10(12)14)11-7-19-13-16-9(5-15)6-17(11)13/h2-4,6-7H,5,15H2,1H3. The van der Waals surface area contributed by atoms with Gasteiger partial charge in [0.05, 0.1) is 18.5 Å². The molecule has 0 atom stereocenters. The SMILES string of the molecule is COc1ccc(-c2csc3nc(CN)cn23)cc1F. The molecular formula is C13H12FN3OS. The van der Waals surface area contributed by atoms with Crippen LogP contribution in [0.4, 0.5) is 4.39 Å². The van der Waals surface area contributed by atoms with Crippen molar-refractivity contribution in [1.29, 1.82) is 0 Å². The molecule has 0 fully saturated rings. The van der Waals surface area contributed by atoms with Crippen LogP contribution >= 0.6 is 11.3 Å². The number of aromatic nitrogens is 2. The quantitative estimate of drug-likeness (QED) is 0.800. The predicted octanol–water partition coefficient (Wildman–Crippen LogP) is 2.67. The van der Waals surface area contributed by atoms with Crippen LogP contribution in [0.3, 0.4) is 0 Å². The van der Waals surface area contributed by atoms with E-state index < -0.39 is 0 Å². The highest BCUT2D eigenvalue weighted by Crippen LogP contribution is 2.29. The molecule has 0 aliphatic heterocycles. The predicted molar refractivity (Wildman–Crippen MR) is 72.9 cm³/mol. The summed E-state index contributed by atoms with van der Waals surface area (Å²) in [6, 6.07) is 4.91. The number of nitrogens with zero attached hydrogens (tertiary/aromatic N) is 2. The minimum absolute atomic E-state index is 0.239. The molecule has 4 nitrogen and oxygen atoms in total. The molecule has 0 radical (unpaired) electrons. The molecule has 3 rings (SSSR count). The number of imidazole rings is 1. The molecule has 0 bridgehead atoms. The lowest BCUT2D eigenvalue weighted by atomic mass is 10.1. The van der Waals surface area contributed by atoms with Crippen molar-refractivity contribution in [3.63, 3.8) is 0 Å². The van der Waals surface area contributed by atoms with Gasteiger partial charge in [-0.25, -0.2) is 9.37 Å². The van der Waals surface area contributed by atoms with Gasteiger partial charge < -0.3 is 10.5 Å². The van der Waals surface area contributed by atoms with Crippen LogP contribution in [0.25, 0.3) is 16.2 Å². The molecule has 2 heterocycles. The zero-order valence-corrected chi connectivity index (χ0v) is 11.1. The van der Waals surface area contributed by atoms with E-state index in [9.17, 15) is 4.39 Å². The summed E-state index contributed by atoms with van der Waals surface area (Å²) in [5.74, 6) is -0.137. The lowest BCUT2D eigenvalue weighted by Crippen LogP contribution is -1.95. The Labute approximate surface area is 113 Å². The normalized spacial score (nSPS) is 11.1. The Hall–Kier alpha value is -1.92. The van der Waals surface area contributed by atoms with Crippen LogP contribution in [-0.2, 0) is 6.54 Å². The summed E-state index contributed by atoms with van der Waals surface area (Å²) in [7, 11) is 1.45. The van der Waals surface area contributed by atoms with Crippen molar-refractivity contribution in [2.24, 2.45) is 5.73 Å². The number of benzene rings is 1. The van der Waals surface area contributed by atoms with Gasteiger partial charge in [-0.1, -0.05) is 0 Å². The monoisotopic (exact) mass is 277 g/mol. The minimum atomic E-state index is -0.376. The van der Waals surface area contributed by atoms with Gasteiger partial charge in [-0.2, -0.15) is 0 Å². The number of halogens is 1. The summed E-state index contributed by atoms with van der Waals surface area (Å²) in [5.41, 5.74) is 8.08. The van der Waals surface area contributed by atoms with E-state index in [4.69, 9.17) is 10.5 Å². The van der Waals surface area contributed by atoms with Gasteiger partial charge in [0.2, 0.25) is 0 Å². The van der Waals surface area contributed by atoms with Crippen LogP contribution < -0.4 is 10.5 Å². The molecule has 0 saturated heterocycles. The Morgan fingerprint density at radius 2 is 2.32 bits per heavy atom. The van der Waals surface area contributed by atoms with Gasteiger partial charge in [0, 0.05) is 23.7 Å². The molecular weight excluding hydrogens is 265 g/mol. The minimum Gasteiger partial charge on any atom is -0.494 e. The highest BCUT2D eigenvalue weighted by atomic mass is 32.1. The van der Waals surface area contributed by atoms with Crippen molar-refractivity contribution in [3.05, 3.63) is 41.3 Å². The maximum absolute atomic E-state index is 13.7. The summed E-state index contributed by atoms with van der Waals surface area (Å²) in [6.07, 6.45) is 1.88. The van der Waals surface area contributed by atoms with Crippen molar-refractivity contribution in [3.8, 4) is 17.0 Å². The Morgan fingerprint density at radius 1 is 1.47 bits per heavy atom. The summed E-state index contributed by atoms with van der Waals surface area (Å²) in [4.78, 5) is 5.22. The maximum Gasteiger partial charge on any atom is 0.194 e. The fraction of sp³-hybridized carbons (Fsp3) is 0.154. The summed E-state index contributed by atoms with van der Waals surface area (Å²) >= 11 is 1.50. The van der Waals surface area contributed by atoms with Crippen LogP contribution in [0.2, 0.25) is 0 Å². The van der Waals surface area contributed by atoms with Gasteiger partial charge in [-0.05, 0) is 18.2 Å². The lowest BCUT2D eigenvalue weighted by Gasteiger charge is -2.04. The lowest BCUT2D eigenvalue weighted by molar-refractivity contribution is 0.386. The van der Waals surface area contributed by atoms with Gasteiger partial charge >= 0.3 is 0 Å². The third kappa shape index (κ3) is 1.98. The number of rotatable bonds is 3. The maximum atomic E-state index is 13.7. The molecule has 0 spiro atoms. The van der Waals surface area contributed by atoms with E-state index in [1.807, 2.05) is 22.0 Å². The largest absolute Gasteiger partial charge is 0.494 e. The zero-order valence-electron chi connectivity index (χ0n) is 10.3. The van der Waals surface area contributed by atoms with Crippen molar-refractivity contribution in [2.45, 2.75) is 6.54 Å². The van der Waals surface area contributed by atoms with Crippen LogP contribution in [0.5, 0.6) is 5.75 Å². The van der Waals surface area contributed by atoms with E-state index >= 15 is 0 Å². The molecule has 2 aromatic heterocycles. The van der Waals surface area contributed by atoms with Gasteiger partial charge in [0.15, 0.2) is 16.5 Å². The van der Waals surface area contributed by atoms with Gasteiger partial charge in [-0.3, -0.25) is 4.40 Å². The van der Waals surface area contributed by atoms with E-state index in [-0.39, 0.29) is 11.6 Å². The molecule has 0 saturated carbocycles. The molecule has 98 valence electrons. The smallest absolute Gasteiger partial charge is 0.194 e. The summed E-state index contributed by atoms with van der Waals surface area (Å²) in [5, 5.41) is 1.95. The second kappa shape index (κ2) is 4.64. The van der Waals surface area contributed by atoms with Crippen molar-refractivity contribution >= 4 is 16.3 Å². The van der Waals surface area contributed by atoms with Gasteiger partial charge in [0.25, 0.3) is 0 Å². The second-order valence-electron chi connectivity index (χ2n) is 4.06. The first kappa shape index (κ1) is 12.1. The first-order valence-corrected chi connectivity index (χ1v) is 6.60. The Balaban J connectivity index is 2.13. The molecule has 6 heteroatoms. The van der Waals surface area contributed by atoms with Gasteiger partial charge in [0.1, 0.15) is 0 Å². The molecule has 0 unspecified atom stereocenters. The fourth-order valence-corrected chi connectivity index (χ4v) is 2.86. The fourth-order valence-electron chi connectivity index (χ4n) is 1.96. The molecule has 3 aromatic rings. The molecule has 0 aliphatic rings. The van der Waals surface area contributed by atoms with Crippen molar-refractivity contribution in [1.82, 2.24) is 9.38 Å². The number of fused-ring (bicyclic) bond motifs is 1. The first-order valence-electron chi connectivity index (χ1n) is 5.72. The van der Waals surface area contributed by atoms with Crippen LogP contribution in [0.15, 0.2) is 29.8 Å². The third-order valence-corrected chi connectivity index (χ3v) is 3.76. The number of nitrogens with two attached hydrogens (primary N) is 1. The van der Waals surface area contributed by atoms with Crippen LogP contribution in [-0.4, -0.2) is 16.5 Å². The van der Waals surface area contributed by atoms with Crippen molar-refractivity contribution < 1.29 is 9.13 Å². The molecule has 1 aromatic carbocycles. The second-order valence-corrected chi connectivity index (χ2v) is 4.90. The van der Waals surface area contributed by atoms with Crippen molar-refractivity contribution in [2.75, 3.05) is 7.11 Å². The molecule has 0 aliphatic carbocycles. The van der Waals surface area contributed by atoms with Crippen LogP contribution in [0.1, 0.15) is 5.69 Å². The number of thiazole rings is 1. The third-order valence-electron chi connectivity index (χ3n) is 2.92.